The Balaban J connectivity index is 3.29. The quantitative estimate of drug-likeness (QED) is 0.747. The van der Waals surface area contributed by atoms with Gasteiger partial charge in [0.2, 0.25) is 0 Å². The van der Waals surface area contributed by atoms with E-state index in [2.05, 4.69) is 0 Å². The minimum Gasteiger partial charge on any atom is -0.357 e. The number of hydrogen-bond acceptors (Lipinski definition) is 1. The summed E-state index contributed by atoms with van der Waals surface area (Å²) in [7, 11) is 0. The van der Waals surface area contributed by atoms with Crippen molar-refractivity contribution >= 4 is 0 Å². The SMILES string of the molecule is CCC1(F)CC(O)(F)C(F)(F)C1C(C)(F)F. The molecule has 16 heavy (non-hydrogen) atoms. The molecule has 0 heterocycles. The van der Waals surface area contributed by atoms with Gasteiger partial charge in [0.15, 0.2) is 0 Å². The van der Waals surface area contributed by atoms with Crippen LogP contribution < -0.4 is 0 Å². The molecule has 0 radical (unpaired) electrons. The second-order valence-corrected chi connectivity index (χ2v) is 4.34. The average molecular weight is 250 g/mol. The molecule has 0 bridgehead atoms. The largest absolute Gasteiger partial charge is 0.357 e. The average Bonchev–Trinajstić information content (AvgIpc) is 2.12. The second-order valence-electron chi connectivity index (χ2n) is 4.34. The summed E-state index contributed by atoms with van der Waals surface area (Å²) in [5.74, 6) is -16.3. The molecule has 1 rings (SSSR count). The highest BCUT2D eigenvalue weighted by atomic mass is 19.3. The molecule has 1 saturated carbocycles. The highest BCUT2D eigenvalue weighted by molar-refractivity contribution is 5.13. The summed E-state index contributed by atoms with van der Waals surface area (Å²) in [5.41, 5.74) is -3.12. The Labute approximate surface area is 88.4 Å². The number of halogens is 6. The summed E-state index contributed by atoms with van der Waals surface area (Å²) >= 11 is 0. The monoisotopic (exact) mass is 250 g/mol. The molecule has 0 spiro atoms. The fraction of sp³-hybridized carbons (Fsp3) is 1.00. The van der Waals surface area contributed by atoms with Crippen LogP contribution in [0.3, 0.4) is 0 Å². The molecule has 0 amide bonds. The van der Waals surface area contributed by atoms with Gasteiger partial charge in [-0.1, -0.05) is 6.92 Å². The van der Waals surface area contributed by atoms with E-state index < -0.39 is 42.1 Å². The van der Waals surface area contributed by atoms with Crippen LogP contribution in [0.4, 0.5) is 26.3 Å². The minimum absolute atomic E-state index is 0.0942. The van der Waals surface area contributed by atoms with Crippen molar-refractivity contribution < 1.29 is 31.4 Å². The summed E-state index contributed by atoms with van der Waals surface area (Å²) in [5, 5.41) is 8.73. The van der Waals surface area contributed by atoms with E-state index in [4.69, 9.17) is 5.11 Å². The lowest BCUT2D eigenvalue weighted by molar-refractivity contribution is -0.273. The molecule has 1 aliphatic carbocycles. The molecule has 0 saturated heterocycles. The van der Waals surface area contributed by atoms with Crippen LogP contribution in [0, 0.1) is 5.92 Å². The van der Waals surface area contributed by atoms with Crippen molar-refractivity contribution in [2.45, 2.75) is 50.1 Å². The maximum atomic E-state index is 13.8. The molecular formula is C9H12F6O. The van der Waals surface area contributed by atoms with E-state index in [1.807, 2.05) is 0 Å². The molecule has 96 valence electrons. The van der Waals surface area contributed by atoms with E-state index in [1.54, 1.807) is 0 Å². The Kier molecular flexibility index (Phi) is 2.78. The predicted octanol–water partition coefficient (Wildman–Crippen LogP) is 3.07. The normalized spacial score (nSPS) is 43.7. The first-order valence-corrected chi connectivity index (χ1v) is 4.74. The van der Waals surface area contributed by atoms with Gasteiger partial charge >= 0.3 is 5.92 Å². The Morgan fingerprint density at radius 1 is 1.25 bits per heavy atom. The molecule has 7 heteroatoms. The van der Waals surface area contributed by atoms with E-state index in [0.29, 0.717) is 0 Å². The van der Waals surface area contributed by atoms with E-state index in [0.717, 1.165) is 6.92 Å². The lowest BCUT2D eigenvalue weighted by Gasteiger charge is -2.33. The molecular weight excluding hydrogens is 238 g/mol. The maximum Gasteiger partial charge on any atom is 0.317 e. The van der Waals surface area contributed by atoms with Crippen LogP contribution in [0.15, 0.2) is 0 Å². The third-order valence-corrected chi connectivity index (χ3v) is 3.01. The maximum absolute atomic E-state index is 13.8. The van der Waals surface area contributed by atoms with E-state index >= 15 is 0 Å². The predicted molar refractivity (Wildman–Crippen MR) is 43.9 cm³/mol. The van der Waals surface area contributed by atoms with Gasteiger partial charge in [-0.15, -0.1) is 0 Å². The Morgan fingerprint density at radius 2 is 1.69 bits per heavy atom. The Bertz CT molecular complexity index is 284. The zero-order valence-electron chi connectivity index (χ0n) is 8.71. The standard InChI is InChI=1S/C9H12F6O/c1-3-7(12)4-8(13,16)9(14,15)5(7)6(2,10)11/h5,16H,3-4H2,1-2H3. The Hall–Kier alpha value is -0.460. The topological polar surface area (TPSA) is 20.2 Å². The molecule has 0 aromatic rings. The number of alkyl halides is 6. The molecule has 1 nitrogen and oxygen atoms in total. The van der Waals surface area contributed by atoms with Gasteiger partial charge in [0.05, 0.1) is 0 Å². The van der Waals surface area contributed by atoms with Gasteiger partial charge in [0, 0.05) is 6.42 Å². The van der Waals surface area contributed by atoms with Gasteiger partial charge in [0.1, 0.15) is 11.6 Å². The van der Waals surface area contributed by atoms with E-state index in [9.17, 15) is 26.3 Å². The van der Waals surface area contributed by atoms with Gasteiger partial charge in [-0.3, -0.25) is 0 Å². The molecule has 0 aliphatic heterocycles. The van der Waals surface area contributed by atoms with Crippen LogP contribution in [0.5, 0.6) is 0 Å². The molecule has 3 atom stereocenters. The van der Waals surface area contributed by atoms with Gasteiger partial charge in [0.25, 0.3) is 11.8 Å². The second kappa shape index (κ2) is 3.27. The highest BCUT2D eigenvalue weighted by Gasteiger charge is 2.78. The van der Waals surface area contributed by atoms with Crippen LogP contribution in [0.1, 0.15) is 26.7 Å². The minimum atomic E-state index is -4.81. The van der Waals surface area contributed by atoms with Crippen LogP contribution in [0.2, 0.25) is 0 Å². The smallest absolute Gasteiger partial charge is 0.317 e. The molecule has 1 aliphatic rings. The molecule has 3 unspecified atom stereocenters. The summed E-state index contributed by atoms with van der Waals surface area (Å²) in [6, 6.07) is 0. The van der Waals surface area contributed by atoms with E-state index in [1.165, 1.54) is 0 Å². The first kappa shape index (κ1) is 13.6. The van der Waals surface area contributed by atoms with Gasteiger partial charge in [-0.2, -0.15) is 8.78 Å². The van der Waals surface area contributed by atoms with Crippen LogP contribution in [-0.2, 0) is 0 Å². The molecule has 0 aromatic carbocycles. The summed E-state index contributed by atoms with van der Waals surface area (Å²) in [6.07, 6.45) is -2.36. The first-order chi connectivity index (χ1) is 6.88. The summed E-state index contributed by atoms with van der Waals surface area (Å²) < 4.78 is 79.3. The van der Waals surface area contributed by atoms with Crippen molar-refractivity contribution in [3.05, 3.63) is 0 Å². The lowest BCUT2D eigenvalue weighted by Crippen LogP contribution is -2.51. The van der Waals surface area contributed by atoms with Crippen molar-refractivity contribution in [2.24, 2.45) is 5.92 Å². The summed E-state index contributed by atoms with van der Waals surface area (Å²) in [6.45, 7) is 1.15. The Morgan fingerprint density at radius 3 is 1.94 bits per heavy atom. The highest BCUT2D eigenvalue weighted by Crippen LogP contribution is 2.61. The van der Waals surface area contributed by atoms with Crippen LogP contribution in [0.25, 0.3) is 0 Å². The van der Waals surface area contributed by atoms with Gasteiger partial charge in [-0.25, -0.2) is 17.6 Å². The zero-order valence-corrected chi connectivity index (χ0v) is 8.71. The van der Waals surface area contributed by atoms with Gasteiger partial charge < -0.3 is 5.11 Å². The van der Waals surface area contributed by atoms with Crippen molar-refractivity contribution in [2.75, 3.05) is 0 Å². The zero-order chi connectivity index (χ0) is 13.0. The van der Waals surface area contributed by atoms with Crippen molar-refractivity contribution in [1.29, 1.82) is 0 Å². The number of rotatable bonds is 2. The van der Waals surface area contributed by atoms with Crippen molar-refractivity contribution in [3.8, 4) is 0 Å². The summed E-state index contributed by atoms with van der Waals surface area (Å²) in [4.78, 5) is 0. The molecule has 1 fully saturated rings. The molecule has 0 aromatic heterocycles. The van der Waals surface area contributed by atoms with Crippen molar-refractivity contribution in [1.82, 2.24) is 0 Å². The number of hydrogen-bond donors (Lipinski definition) is 1. The fourth-order valence-corrected chi connectivity index (χ4v) is 2.26. The van der Waals surface area contributed by atoms with E-state index in [-0.39, 0.29) is 6.92 Å². The van der Waals surface area contributed by atoms with Crippen LogP contribution >= 0.6 is 0 Å². The fourth-order valence-electron chi connectivity index (χ4n) is 2.26. The van der Waals surface area contributed by atoms with Gasteiger partial charge in [-0.05, 0) is 13.3 Å². The molecule has 1 N–H and O–H groups in total. The lowest BCUT2D eigenvalue weighted by atomic mass is 9.84. The number of aliphatic hydroxyl groups is 1. The van der Waals surface area contributed by atoms with Crippen molar-refractivity contribution in [3.63, 3.8) is 0 Å². The van der Waals surface area contributed by atoms with Crippen LogP contribution in [-0.4, -0.2) is 28.5 Å². The third kappa shape index (κ3) is 1.69. The third-order valence-electron chi connectivity index (χ3n) is 3.01. The first-order valence-electron chi connectivity index (χ1n) is 4.74.